The van der Waals surface area contributed by atoms with Crippen molar-refractivity contribution < 1.29 is 4.79 Å². The largest absolute Gasteiger partial charge is 0.347 e. The highest BCUT2D eigenvalue weighted by atomic mass is 16.2. The van der Waals surface area contributed by atoms with Gasteiger partial charge in [0.15, 0.2) is 5.78 Å². The summed E-state index contributed by atoms with van der Waals surface area (Å²) in [7, 11) is 0. The van der Waals surface area contributed by atoms with Crippen LogP contribution in [0.2, 0.25) is 0 Å². The fraction of sp³-hybridized carbons (Fsp3) is 0.545. The van der Waals surface area contributed by atoms with E-state index in [-0.39, 0.29) is 23.9 Å². The van der Waals surface area contributed by atoms with Crippen molar-refractivity contribution in [1.82, 2.24) is 9.55 Å². The van der Waals surface area contributed by atoms with Gasteiger partial charge in [0, 0.05) is 18.3 Å². The molecule has 1 unspecified atom stereocenters. The van der Waals surface area contributed by atoms with Gasteiger partial charge in [-0.25, -0.2) is 9.78 Å². The van der Waals surface area contributed by atoms with Crippen LogP contribution in [0.1, 0.15) is 25.8 Å². The summed E-state index contributed by atoms with van der Waals surface area (Å²) in [4.78, 5) is 26.6. The first kappa shape index (κ1) is 11.6. The van der Waals surface area contributed by atoms with Crippen molar-refractivity contribution in [2.45, 2.75) is 33.7 Å². The Bertz CT molecular complexity index is 409. The average Bonchev–Trinajstić information content (AvgIpc) is 2.22. The van der Waals surface area contributed by atoms with Gasteiger partial charge in [-0.1, -0.05) is 13.8 Å². The van der Waals surface area contributed by atoms with E-state index in [1.165, 1.54) is 10.8 Å². The third-order valence-corrected chi connectivity index (χ3v) is 2.47. The summed E-state index contributed by atoms with van der Waals surface area (Å²) >= 11 is 0. The van der Waals surface area contributed by atoms with Crippen LogP contribution in [0.3, 0.4) is 0 Å². The number of ketones is 1. The number of aryl methyl sites for hydroxylation is 1. The predicted octanol–water partition coefficient (Wildman–Crippen LogP) is 1.17. The van der Waals surface area contributed by atoms with Crippen LogP contribution in [0.4, 0.5) is 0 Å². The SMILES string of the molecule is CCC(C)C(=O)Cn1cc(C)cnc1=O. The summed E-state index contributed by atoms with van der Waals surface area (Å²) in [6.07, 6.45) is 3.97. The van der Waals surface area contributed by atoms with Crippen LogP contribution in [0.5, 0.6) is 0 Å². The topological polar surface area (TPSA) is 52.0 Å². The van der Waals surface area contributed by atoms with E-state index in [2.05, 4.69) is 4.98 Å². The normalized spacial score (nSPS) is 12.5. The van der Waals surface area contributed by atoms with Crippen LogP contribution in [-0.4, -0.2) is 15.3 Å². The smallest absolute Gasteiger partial charge is 0.297 e. The van der Waals surface area contributed by atoms with E-state index in [0.717, 1.165) is 12.0 Å². The quantitative estimate of drug-likeness (QED) is 0.746. The van der Waals surface area contributed by atoms with Crippen LogP contribution in [0.15, 0.2) is 17.2 Å². The molecule has 0 aromatic carbocycles. The van der Waals surface area contributed by atoms with Crippen molar-refractivity contribution in [2.24, 2.45) is 5.92 Å². The lowest BCUT2D eigenvalue weighted by molar-refractivity contribution is -0.123. The molecule has 0 amide bonds. The van der Waals surface area contributed by atoms with Gasteiger partial charge in [0.2, 0.25) is 0 Å². The zero-order valence-electron chi connectivity index (χ0n) is 9.36. The fourth-order valence-electron chi connectivity index (χ4n) is 1.23. The van der Waals surface area contributed by atoms with Gasteiger partial charge in [0.1, 0.15) is 0 Å². The molecule has 1 heterocycles. The number of Topliss-reactive ketones (excluding diaryl/α,β-unsaturated/α-hetero) is 1. The molecule has 0 saturated carbocycles. The number of carbonyl (C=O) groups excluding carboxylic acids is 1. The molecule has 0 spiro atoms. The van der Waals surface area contributed by atoms with Gasteiger partial charge in [0.05, 0.1) is 6.54 Å². The maximum Gasteiger partial charge on any atom is 0.347 e. The molecule has 0 fully saturated rings. The van der Waals surface area contributed by atoms with Crippen molar-refractivity contribution in [3.8, 4) is 0 Å². The van der Waals surface area contributed by atoms with Gasteiger partial charge in [-0.15, -0.1) is 0 Å². The van der Waals surface area contributed by atoms with Crippen molar-refractivity contribution in [1.29, 1.82) is 0 Å². The first-order valence-corrected chi connectivity index (χ1v) is 5.10. The summed E-state index contributed by atoms with van der Waals surface area (Å²) in [6, 6.07) is 0. The number of rotatable bonds is 4. The Morgan fingerprint density at radius 2 is 2.27 bits per heavy atom. The minimum absolute atomic E-state index is 0.00240. The van der Waals surface area contributed by atoms with E-state index < -0.39 is 0 Å². The zero-order valence-corrected chi connectivity index (χ0v) is 9.36. The molecule has 0 aliphatic carbocycles. The molecule has 1 atom stereocenters. The summed E-state index contributed by atoms with van der Waals surface area (Å²) < 4.78 is 1.36. The Labute approximate surface area is 89.0 Å². The Balaban J connectivity index is 2.85. The molecule has 0 saturated heterocycles. The highest BCUT2D eigenvalue weighted by Gasteiger charge is 2.11. The summed E-state index contributed by atoms with van der Waals surface area (Å²) in [6.45, 7) is 5.80. The number of hydrogen-bond donors (Lipinski definition) is 0. The van der Waals surface area contributed by atoms with Gasteiger partial charge < -0.3 is 0 Å². The van der Waals surface area contributed by atoms with Crippen LogP contribution in [0, 0.1) is 12.8 Å². The van der Waals surface area contributed by atoms with E-state index in [4.69, 9.17) is 0 Å². The second-order valence-corrected chi connectivity index (χ2v) is 3.82. The molecule has 0 bridgehead atoms. The number of hydrogen-bond acceptors (Lipinski definition) is 3. The van der Waals surface area contributed by atoms with E-state index in [1.54, 1.807) is 6.20 Å². The first-order valence-electron chi connectivity index (χ1n) is 5.10. The maximum atomic E-state index is 11.6. The van der Waals surface area contributed by atoms with Crippen molar-refractivity contribution in [3.05, 3.63) is 28.4 Å². The van der Waals surface area contributed by atoms with E-state index >= 15 is 0 Å². The summed E-state index contributed by atoms with van der Waals surface area (Å²) in [5, 5.41) is 0. The summed E-state index contributed by atoms with van der Waals surface area (Å²) in [5.74, 6) is 0.0735. The number of aromatic nitrogens is 2. The molecular weight excluding hydrogens is 192 g/mol. The van der Waals surface area contributed by atoms with Crippen molar-refractivity contribution in [3.63, 3.8) is 0 Å². The minimum Gasteiger partial charge on any atom is -0.297 e. The second kappa shape index (κ2) is 4.87. The minimum atomic E-state index is -0.364. The molecule has 0 N–H and O–H groups in total. The van der Waals surface area contributed by atoms with E-state index in [0.29, 0.717) is 0 Å². The maximum absolute atomic E-state index is 11.6. The number of nitrogens with zero attached hydrogens (tertiary/aromatic N) is 2. The molecule has 0 aliphatic rings. The van der Waals surface area contributed by atoms with Crippen LogP contribution in [0.25, 0.3) is 0 Å². The molecule has 0 radical (unpaired) electrons. The zero-order chi connectivity index (χ0) is 11.4. The highest BCUT2D eigenvalue weighted by Crippen LogP contribution is 2.03. The Morgan fingerprint density at radius 1 is 1.60 bits per heavy atom. The van der Waals surface area contributed by atoms with E-state index in [1.807, 2.05) is 20.8 Å². The first-order chi connectivity index (χ1) is 7.04. The van der Waals surface area contributed by atoms with Gasteiger partial charge in [-0.2, -0.15) is 0 Å². The van der Waals surface area contributed by atoms with Gasteiger partial charge in [-0.3, -0.25) is 9.36 Å². The van der Waals surface area contributed by atoms with Gasteiger partial charge in [-0.05, 0) is 18.9 Å². The molecule has 1 aromatic rings. The van der Waals surface area contributed by atoms with Crippen LogP contribution < -0.4 is 5.69 Å². The van der Waals surface area contributed by atoms with E-state index in [9.17, 15) is 9.59 Å². The molecule has 82 valence electrons. The molecule has 15 heavy (non-hydrogen) atoms. The van der Waals surface area contributed by atoms with Crippen molar-refractivity contribution in [2.75, 3.05) is 0 Å². The lowest BCUT2D eigenvalue weighted by Crippen LogP contribution is -2.28. The molecule has 1 aromatic heterocycles. The Hall–Kier alpha value is -1.45. The third kappa shape index (κ3) is 3.01. The monoisotopic (exact) mass is 208 g/mol. The number of carbonyl (C=O) groups is 1. The molecule has 1 rings (SSSR count). The average molecular weight is 208 g/mol. The van der Waals surface area contributed by atoms with Crippen LogP contribution >= 0.6 is 0 Å². The second-order valence-electron chi connectivity index (χ2n) is 3.82. The Morgan fingerprint density at radius 3 is 2.87 bits per heavy atom. The standard InChI is InChI=1S/C11H16N2O2/c1-4-9(3)10(14)7-13-6-8(2)5-12-11(13)15/h5-6,9H,4,7H2,1-3H3. The lowest BCUT2D eigenvalue weighted by Gasteiger charge is -2.09. The van der Waals surface area contributed by atoms with Crippen LogP contribution in [-0.2, 0) is 11.3 Å². The molecule has 4 heteroatoms. The highest BCUT2D eigenvalue weighted by molar-refractivity contribution is 5.80. The third-order valence-electron chi connectivity index (χ3n) is 2.47. The van der Waals surface area contributed by atoms with Crippen molar-refractivity contribution >= 4 is 5.78 Å². The molecule has 4 nitrogen and oxygen atoms in total. The fourth-order valence-corrected chi connectivity index (χ4v) is 1.23. The Kier molecular flexibility index (Phi) is 3.77. The molecule has 0 aliphatic heterocycles. The van der Waals surface area contributed by atoms with Gasteiger partial charge in [0.25, 0.3) is 0 Å². The predicted molar refractivity (Wildman–Crippen MR) is 57.7 cm³/mol. The van der Waals surface area contributed by atoms with Gasteiger partial charge >= 0.3 is 5.69 Å². The molecular formula is C11H16N2O2. The lowest BCUT2D eigenvalue weighted by atomic mass is 10.0. The summed E-state index contributed by atoms with van der Waals surface area (Å²) in [5.41, 5.74) is 0.517.